The summed E-state index contributed by atoms with van der Waals surface area (Å²) in [4.78, 5) is 3.68. The van der Waals surface area contributed by atoms with Gasteiger partial charge in [0.2, 0.25) is 6.79 Å². The van der Waals surface area contributed by atoms with E-state index in [1.54, 1.807) is 6.33 Å². The van der Waals surface area contributed by atoms with Crippen molar-refractivity contribution in [3.8, 4) is 11.5 Å². The molecule has 0 amide bonds. The van der Waals surface area contributed by atoms with Crippen LogP contribution >= 0.6 is 23.5 Å². The van der Waals surface area contributed by atoms with Crippen molar-refractivity contribution in [1.82, 2.24) is 14.8 Å². The predicted molar refractivity (Wildman–Crippen MR) is 127 cm³/mol. The minimum atomic E-state index is 0.299. The Hall–Kier alpha value is -3.04. The van der Waals surface area contributed by atoms with Crippen LogP contribution in [0.5, 0.6) is 11.5 Å². The average Bonchev–Trinajstić information content (AvgIpc) is 3.55. The summed E-state index contributed by atoms with van der Waals surface area (Å²) in [5, 5.41) is 10.0. The summed E-state index contributed by atoms with van der Waals surface area (Å²) in [5.74, 6) is 2.60. The molecule has 6 rings (SSSR count). The summed E-state index contributed by atoms with van der Waals surface area (Å²) in [7, 11) is 1.93. The molecule has 0 saturated heterocycles. The van der Waals surface area contributed by atoms with E-state index < -0.39 is 0 Å². The van der Waals surface area contributed by atoms with Gasteiger partial charge in [0, 0.05) is 23.7 Å². The number of para-hydroxylation sites is 1. The van der Waals surface area contributed by atoms with Crippen LogP contribution in [0.25, 0.3) is 0 Å². The molecule has 1 unspecified atom stereocenters. The van der Waals surface area contributed by atoms with Crippen LogP contribution in [-0.2, 0) is 13.6 Å². The third kappa shape index (κ3) is 4.18. The molecule has 2 aliphatic heterocycles. The zero-order chi connectivity index (χ0) is 22.2. The number of fused-ring (bicyclic) bond motifs is 2. The quantitative estimate of drug-likeness (QED) is 0.371. The first-order valence-corrected chi connectivity index (χ1v) is 12.4. The van der Waals surface area contributed by atoms with E-state index in [0.29, 0.717) is 18.6 Å². The van der Waals surface area contributed by atoms with Gasteiger partial charge in [-0.3, -0.25) is 0 Å². The van der Waals surface area contributed by atoms with E-state index in [9.17, 15) is 0 Å². The number of hydrogen-bond donors (Lipinski definition) is 0. The van der Waals surface area contributed by atoms with Gasteiger partial charge in [-0.2, -0.15) is 0 Å². The van der Waals surface area contributed by atoms with Gasteiger partial charge in [0.15, 0.2) is 21.7 Å². The van der Waals surface area contributed by atoms with Crippen molar-refractivity contribution in [2.75, 3.05) is 18.2 Å². The van der Waals surface area contributed by atoms with Gasteiger partial charge in [-0.05, 0) is 60.1 Å². The molecule has 2 aliphatic rings. The van der Waals surface area contributed by atoms with Gasteiger partial charge in [-0.15, -0.1) is 22.0 Å². The van der Waals surface area contributed by atoms with Gasteiger partial charge < -0.3 is 23.4 Å². The number of ether oxygens (including phenoxy) is 2. The van der Waals surface area contributed by atoms with Gasteiger partial charge in [0.05, 0.1) is 12.2 Å². The summed E-state index contributed by atoms with van der Waals surface area (Å²) < 4.78 is 19.1. The SMILES string of the molecule is Cn1cnnc1Sc1ccc(CN2CCC(c3ccc4c(c3)OCO4)Sc3ccccc32)o1. The molecule has 33 heavy (non-hydrogen) atoms. The third-order valence-electron chi connectivity index (χ3n) is 5.75. The molecule has 168 valence electrons. The Labute approximate surface area is 200 Å². The van der Waals surface area contributed by atoms with Crippen LogP contribution < -0.4 is 14.4 Å². The number of rotatable bonds is 5. The van der Waals surface area contributed by atoms with E-state index in [-0.39, 0.29) is 0 Å². The number of aromatic nitrogens is 3. The lowest BCUT2D eigenvalue weighted by molar-refractivity contribution is 0.174. The van der Waals surface area contributed by atoms with Crippen LogP contribution in [-0.4, -0.2) is 28.1 Å². The number of aryl methyl sites for hydroxylation is 1. The lowest BCUT2D eigenvalue weighted by atomic mass is 10.1. The topological polar surface area (TPSA) is 65.6 Å². The summed E-state index contributed by atoms with van der Waals surface area (Å²) >= 11 is 3.39. The summed E-state index contributed by atoms with van der Waals surface area (Å²) in [6, 6.07) is 19.0. The molecule has 2 aromatic carbocycles. The molecule has 0 aliphatic carbocycles. The number of anilines is 1. The number of benzene rings is 2. The first kappa shape index (κ1) is 20.6. The highest BCUT2D eigenvalue weighted by molar-refractivity contribution is 7.99. The third-order valence-corrected chi connectivity index (χ3v) is 8.11. The molecule has 4 aromatic rings. The monoisotopic (exact) mass is 478 g/mol. The smallest absolute Gasteiger partial charge is 0.231 e. The Kier molecular flexibility index (Phi) is 5.43. The van der Waals surface area contributed by atoms with E-state index in [1.165, 1.54) is 27.9 Å². The zero-order valence-corrected chi connectivity index (χ0v) is 19.6. The molecule has 9 heteroatoms. The van der Waals surface area contributed by atoms with Gasteiger partial charge in [0.1, 0.15) is 12.1 Å². The minimum absolute atomic E-state index is 0.299. The first-order valence-electron chi connectivity index (χ1n) is 10.7. The Bertz CT molecular complexity index is 1290. The van der Waals surface area contributed by atoms with Crippen LogP contribution in [0.2, 0.25) is 0 Å². The van der Waals surface area contributed by atoms with E-state index >= 15 is 0 Å². The van der Waals surface area contributed by atoms with Crippen molar-refractivity contribution in [2.45, 2.75) is 33.4 Å². The van der Waals surface area contributed by atoms with Crippen molar-refractivity contribution < 1.29 is 13.9 Å². The Morgan fingerprint density at radius 2 is 2.00 bits per heavy atom. The van der Waals surface area contributed by atoms with E-state index in [1.807, 2.05) is 35.5 Å². The van der Waals surface area contributed by atoms with Gasteiger partial charge in [-0.1, -0.05) is 18.2 Å². The second-order valence-electron chi connectivity index (χ2n) is 7.94. The molecule has 1 atom stereocenters. The second-order valence-corrected chi connectivity index (χ2v) is 10.2. The molecule has 0 N–H and O–H groups in total. The highest BCUT2D eigenvalue weighted by Crippen LogP contribution is 2.47. The fourth-order valence-electron chi connectivity index (χ4n) is 4.08. The molecule has 0 bridgehead atoms. The van der Waals surface area contributed by atoms with Crippen LogP contribution in [0.15, 0.2) is 80.5 Å². The maximum atomic E-state index is 6.14. The molecule has 0 spiro atoms. The summed E-state index contributed by atoms with van der Waals surface area (Å²) in [6.45, 7) is 1.94. The van der Waals surface area contributed by atoms with Crippen LogP contribution in [0.4, 0.5) is 5.69 Å². The molecule has 0 saturated carbocycles. The number of furan rings is 1. The van der Waals surface area contributed by atoms with Gasteiger partial charge >= 0.3 is 0 Å². The Morgan fingerprint density at radius 1 is 1.09 bits per heavy atom. The highest BCUT2D eigenvalue weighted by atomic mass is 32.2. The van der Waals surface area contributed by atoms with E-state index in [4.69, 9.17) is 13.9 Å². The standard InChI is InChI=1S/C24H22N4O3S2/c1-27-14-25-26-24(27)33-23-9-7-17(31-23)13-28-11-10-21(32-22-5-3-2-4-18(22)28)16-6-8-19-20(12-16)30-15-29-19/h2-9,12,14,21H,10-11,13,15H2,1H3. The molecule has 7 nitrogen and oxygen atoms in total. The average molecular weight is 479 g/mol. The van der Waals surface area contributed by atoms with Crippen molar-refractivity contribution in [1.29, 1.82) is 0 Å². The predicted octanol–water partition coefficient (Wildman–Crippen LogP) is 5.53. The first-order chi connectivity index (χ1) is 16.2. The molecule has 0 fully saturated rings. The Morgan fingerprint density at radius 3 is 2.91 bits per heavy atom. The van der Waals surface area contributed by atoms with Crippen molar-refractivity contribution >= 4 is 29.2 Å². The molecule has 4 heterocycles. The van der Waals surface area contributed by atoms with Gasteiger partial charge in [0.25, 0.3) is 0 Å². The lowest BCUT2D eigenvalue weighted by Gasteiger charge is -2.23. The van der Waals surface area contributed by atoms with Crippen LogP contribution in [0.1, 0.15) is 23.0 Å². The van der Waals surface area contributed by atoms with Crippen LogP contribution in [0.3, 0.4) is 0 Å². The summed E-state index contributed by atoms with van der Waals surface area (Å²) in [6.07, 6.45) is 2.70. The molecule has 0 radical (unpaired) electrons. The fourth-order valence-corrected chi connectivity index (χ4v) is 6.11. The van der Waals surface area contributed by atoms with Crippen molar-refractivity contribution in [3.63, 3.8) is 0 Å². The lowest BCUT2D eigenvalue weighted by Crippen LogP contribution is -2.23. The minimum Gasteiger partial charge on any atom is -0.454 e. The van der Waals surface area contributed by atoms with Crippen LogP contribution in [0, 0.1) is 0 Å². The maximum absolute atomic E-state index is 6.14. The fraction of sp³-hybridized carbons (Fsp3) is 0.250. The Balaban J connectivity index is 1.22. The van der Waals surface area contributed by atoms with E-state index in [0.717, 1.165) is 40.5 Å². The molecular weight excluding hydrogens is 456 g/mol. The number of hydrogen-bond acceptors (Lipinski definition) is 8. The van der Waals surface area contributed by atoms with E-state index in [2.05, 4.69) is 57.6 Å². The normalized spacial score (nSPS) is 17.1. The number of nitrogens with zero attached hydrogens (tertiary/aromatic N) is 4. The second kappa shape index (κ2) is 8.72. The maximum Gasteiger partial charge on any atom is 0.231 e. The molecular formula is C24H22N4O3S2. The number of thioether (sulfide) groups is 1. The van der Waals surface area contributed by atoms with Crippen molar-refractivity contribution in [3.05, 3.63) is 72.2 Å². The molecule has 2 aromatic heterocycles. The van der Waals surface area contributed by atoms with Gasteiger partial charge in [-0.25, -0.2) is 0 Å². The highest BCUT2D eigenvalue weighted by Gasteiger charge is 2.25. The summed E-state index contributed by atoms with van der Waals surface area (Å²) in [5.41, 5.74) is 2.51. The zero-order valence-electron chi connectivity index (χ0n) is 18.0. The largest absolute Gasteiger partial charge is 0.454 e. The van der Waals surface area contributed by atoms with Crippen molar-refractivity contribution in [2.24, 2.45) is 7.05 Å².